The second kappa shape index (κ2) is 6.50. The number of aliphatic hydroxyl groups excluding tert-OH is 1. The van der Waals surface area contributed by atoms with Crippen molar-refractivity contribution < 1.29 is 19.7 Å². The SMILES string of the molecule is CC1(C)[C@@H](O)CC[C@]2(C)[C@H]3CC[C@@H]4C([C@@](C)(O)CC5OC5=O)CC[C@@]4(C)[C@]3(C)CC[C@@H]12. The van der Waals surface area contributed by atoms with Gasteiger partial charge in [0.25, 0.3) is 0 Å². The van der Waals surface area contributed by atoms with Gasteiger partial charge in [-0.3, -0.25) is 0 Å². The van der Waals surface area contributed by atoms with Crippen LogP contribution in [0.5, 0.6) is 0 Å². The minimum Gasteiger partial charge on any atom is -0.447 e. The van der Waals surface area contributed by atoms with E-state index in [1.807, 2.05) is 6.92 Å². The van der Waals surface area contributed by atoms with Gasteiger partial charge in [0.15, 0.2) is 0 Å². The Labute approximate surface area is 188 Å². The summed E-state index contributed by atoms with van der Waals surface area (Å²) in [5.41, 5.74) is -0.0483. The van der Waals surface area contributed by atoms with E-state index >= 15 is 0 Å². The van der Waals surface area contributed by atoms with Crippen molar-refractivity contribution in [2.24, 2.45) is 45.3 Å². The summed E-state index contributed by atoms with van der Waals surface area (Å²) in [4.78, 5) is 11.5. The molecule has 2 unspecified atom stereocenters. The highest BCUT2D eigenvalue weighted by Crippen LogP contribution is 2.75. The van der Waals surface area contributed by atoms with E-state index in [2.05, 4.69) is 34.6 Å². The van der Waals surface area contributed by atoms with E-state index in [0.717, 1.165) is 19.3 Å². The third-order valence-electron chi connectivity index (χ3n) is 12.2. The Kier molecular flexibility index (Phi) is 4.65. The molecule has 4 nitrogen and oxygen atoms in total. The van der Waals surface area contributed by atoms with Gasteiger partial charge in [-0.25, -0.2) is 4.79 Å². The molecule has 31 heavy (non-hydrogen) atoms. The summed E-state index contributed by atoms with van der Waals surface area (Å²) in [7, 11) is 0. The van der Waals surface area contributed by atoms with Crippen LogP contribution in [-0.2, 0) is 9.53 Å². The van der Waals surface area contributed by atoms with Gasteiger partial charge < -0.3 is 14.9 Å². The van der Waals surface area contributed by atoms with Gasteiger partial charge in [0.2, 0.25) is 6.10 Å². The summed E-state index contributed by atoms with van der Waals surface area (Å²) < 4.78 is 5.06. The van der Waals surface area contributed by atoms with Crippen LogP contribution >= 0.6 is 0 Å². The van der Waals surface area contributed by atoms with Gasteiger partial charge in [0, 0.05) is 6.42 Å². The summed E-state index contributed by atoms with van der Waals surface area (Å²) in [6, 6.07) is 0. The molecule has 0 bridgehead atoms. The minimum atomic E-state index is -0.833. The fourth-order valence-corrected chi connectivity index (χ4v) is 10.2. The van der Waals surface area contributed by atoms with Crippen molar-refractivity contribution in [2.75, 3.05) is 0 Å². The Morgan fingerprint density at radius 3 is 2.23 bits per heavy atom. The molecule has 1 saturated heterocycles. The van der Waals surface area contributed by atoms with Gasteiger partial charge in [-0.2, -0.15) is 0 Å². The van der Waals surface area contributed by atoms with Crippen LogP contribution in [0.2, 0.25) is 0 Å². The highest BCUT2D eigenvalue weighted by atomic mass is 16.6. The molecule has 0 amide bonds. The number of carbonyl (C=O) groups excluding carboxylic acids is 1. The zero-order valence-corrected chi connectivity index (χ0v) is 20.5. The van der Waals surface area contributed by atoms with Crippen LogP contribution in [0.4, 0.5) is 0 Å². The highest BCUT2D eigenvalue weighted by Gasteiger charge is 2.69. The quantitative estimate of drug-likeness (QED) is 0.609. The summed E-state index contributed by atoms with van der Waals surface area (Å²) >= 11 is 0. The lowest BCUT2D eigenvalue weighted by molar-refractivity contribution is -0.225. The molecule has 0 aromatic rings. The zero-order valence-electron chi connectivity index (χ0n) is 20.5. The monoisotopic (exact) mass is 432 g/mol. The second-order valence-electron chi connectivity index (χ2n) is 13.7. The third-order valence-corrected chi connectivity index (χ3v) is 12.2. The highest BCUT2D eigenvalue weighted by molar-refractivity contribution is 5.87. The lowest BCUT2D eigenvalue weighted by atomic mass is 9.35. The lowest BCUT2D eigenvalue weighted by Gasteiger charge is -2.70. The number of cyclic esters (lactones) is 1. The predicted molar refractivity (Wildman–Crippen MR) is 120 cm³/mol. The van der Waals surface area contributed by atoms with Crippen LogP contribution in [-0.4, -0.2) is 34.0 Å². The van der Waals surface area contributed by atoms with Gasteiger partial charge >= 0.3 is 5.97 Å². The molecule has 0 radical (unpaired) electrons. The van der Waals surface area contributed by atoms with E-state index in [-0.39, 0.29) is 40.3 Å². The normalized spacial score (nSPS) is 54.8. The molecule has 0 aromatic heterocycles. The number of aliphatic hydroxyl groups is 2. The van der Waals surface area contributed by atoms with Crippen LogP contribution < -0.4 is 0 Å². The molecular formula is C27H44O4. The van der Waals surface area contributed by atoms with Crippen LogP contribution in [0.1, 0.15) is 99.3 Å². The van der Waals surface area contributed by atoms with Crippen LogP contribution in [0.3, 0.4) is 0 Å². The standard InChI is InChI=1S/C27H44O4/c1-23(2)19-10-14-26(5)20(24(19,3)12-11-21(23)28)8-7-16-17(9-13-25(16,26)4)27(6,30)15-18-22(29)31-18/h16-21,28,30H,7-15H2,1-6H3/t16-,17?,18?,19+,20-,21+,24+,25-,26-,27+/m1/s1. The van der Waals surface area contributed by atoms with Crippen molar-refractivity contribution in [3.63, 3.8) is 0 Å². The molecular weight excluding hydrogens is 388 g/mol. The first-order valence-corrected chi connectivity index (χ1v) is 12.9. The molecule has 176 valence electrons. The number of fused-ring (bicyclic) bond motifs is 5. The van der Waals surface area contributed by atoms with Crippen molar-refractivity contribution in [2.45, 2.75) is 117 Å². The van der Waals surface area contributed by atoms with Gasteiger partial charge in [-0.15, -0.1) is 0 Å². The van der Waals surface area contributed by atoms with Crippen molar-refractivity contribution >= 4 is 5.97 Å². The van der Waals surface area contributed by atoms with Crippen molar-refractivity contribution in [1.82, 2.24) is 0 Å². The molecule has 5 aliphatic rings. The number of hydrogen-bond acceptors (Lipinski definition) is 4. The first-order chi connectivity index (χ1) is 14.3. The van der Waals surface area contributed by atoms with Crippen molar-refractivity contribution in [3.05, 3.63) is 0 Å². The summed E-state index contributed by atoms with van der Waals surface area (Å²) in [5.74, 6) is 1.89. The Morgan fingerprint density at radius 2 is 1.58 bits per heavy atom. The van der Waals surface area contributed by atoms with Crippen LogP contribution in [0.25, 0.3) is 0 Å². The zero-order chi connectivity index (χ0) is 22.6. The van der Waals surface area contributed by atoms with E-state index < -0.39 is 5.60 Å². The maximum atomic E-state index is 11.5. The molecule has 4 aliphatic carbocycles. The predicted octanol–water partition coefficient (Wildman–Crippen LogP) is 5.10. The van der Waals surface area contributed by atoms with E-state index in [1.54, 1.807) is 0 Å². The van der Waals surface area contributed by atoms with Gasteiger partial charge in [-0.05, 0) is 104 Å². The molecule has 5 fully saturated rings. The maximum Gasteiger partial charge on any atom is 0.348 e. The number of epoxide rings is 1. The second-order valence-corrected chi connectivity index (χ2v) is 13.7. The summed E-state index contributed by atoms with van der Waals surface area (Å²) in [6.45, 7) is 14.2. The topological polar surface area (TPSA) is 70.1 Å². The largest absolute Gasteiger partial charge is 0.447 e. The molecule has 1 aliphatic heterocycles. The molecule has 4 saturated carbocycles. The van der Waals surface area contributed by atoms with Gasteiger partial charge in [0.1, 0.15) is 0 Å². The van der Waals surface area contributed by atoms with Crippen molar-refractivity contribution in [1.29, 1.82) is 0 Å². The molecule has 5 rings (SSSR count). The Bertz CT molecular complexity index is 773. The van der Waals surface area contributed by atoms with Crippen molar-refractivity contribution in [3.8, 4) is 0 Å². The maximum absolute atomic E-state index is 11.5. The number of rotatable bonds is 3. The average molecular weight is 433 g/mol. The average Bonchev–Trinajstić information content (AvgIpc) is 3.20. The number of ether oxygens (including phenoxy) is 1. The van der Waals surface area contributed by atoms with E-state index in [9.17, 15) is 15.0 Å². The van der Waals surface area contributed by atoms with Gasteiger partial charge in [-0.1, -0.05) is 34.6 Å². The van der Waals surface area contributed by atoms with E-state index in [1.165, 1.54) is 32.1 Å². The number of carbonyl (C=O) groups is 1. The summed E-state index contributed by atoms with van der Waals surface area (Å²) in [6.07, 6.45) is 9.07. The number of hydrogen-bond donors (Lipinski definition) is 2. The summed E-state index contributed by atoms with van der Waals surface area (Å²) in [5, 5.41) is 22.3. The first kappa shape index (κ1) is 22.2. The van der Waals surface area contributed by atoms with Crippen LogP contribution in [0.15, 0.2) is 0 Å². The Hall–Kier alpha value is -0.610. The Morgan fingerprint density at radius 1 is 0.935 bits per heavy atom. The third kappa shape index (κ3) is 2.82. The lowest BCUT2D eigenvalue weighted by Crippen LogP contribution is -2.64. The van der Waals surface area contributed by atoms with E-state index in [4.69, 9.17) is 4.74 Å². The van der Waals surface area contributed by atoms with Gasteiger partial charge in [0.05, 0.1) is 11.7 Å². The fraction of sp³-hybridized carbons (Fsp3) is 0.963. The smallest absolute Gasteiger partial charge is 0.348 e. The first-order valence-electron chi connectivity index (χ1n) is 12.9. The minimum absolute atomic E-state index is 0.00916. The Balaban J connectivity index is 1.45. The molecule has 4 heteroatoms. The fourth-order valence-electron chi connectivity index (χ4n) is 10.2. The molecule has 2 N–H and O–H groups in total. The molecule has 1 heterocycles. The molecule has 0 spiro atoms. The molecule has 0 aromatic carbocycles. The van der Waals surface area contributed by atoms with Crippen LogP contribution in [0, 0.1) is 45.3 Å². The molecule has 10 atom stereocenters. The van der Waals surface area contributed by atoms with E-state index in [0.29, 0.717) is 29.6 Å².